The predicted octanol–water partition coefficient (Wildman–Crippen LogP) is 2.15. The fraction of sp³-hybridized carbons (Fsp3) is 0.389. The molecule has 6 heteroatoms. The summed E-state index contributed by atoms with van der Waals surface area (Å²) in [4.78, 5) is 25.3. The standard InChI is InChI=1S/C18H22N4O2/c1-14-12-16(5-7-19-14)21-8-3-9-22(11-10-21)18(23)15-4-6-20-17(13-15)24-2/h4-7,12-13H,3,8-11H2,1-2H3. The Hall–Kier alpha value is -2.63. The van der Waals surface area contributed by atoms with Crippen LogP contribution in [0.25, 0.3) is 0 Å². The van der Waals surface area contributed by atoms with E-state index in [0.717, 1.165) is 31.7 Å². The molecule has 0 spiro atoms. The highest BCUT2D eigenvalue weighted by Crippen LogP contribution is 2.18. The number of rotatable bonds is 3. The largest absolute Gasteiger partial charge is 0.481 e. The van der Waals surface area contributed by atoms with Gasteiger partial charge in [0.1, 0.15) is 0 Å². The van der Waals surface area contributed by atoms with Crippen LogP contribution in [0.2, 0.25) is 0 Å². The third-order valence-electron chi connectivity index (χ3n) is 4.22. The number of hydrogen-bond donors (Lipinski definition) is 0. The van der Waals surface area contributed by atoms with E-state index in [9.17, 15) is 4.79 Å². The number of ether oxygens (including phenoxy) is 1. The van der Waals surface area contributed by atoms with Crippen molar-refractivity contribution in [2.75, 3.05) is 38.2 Å². The zero-order valence-electron chi connectivity index (χ0n) is 14.1. The van der Waals surface area contributed by atoms with Gasteiger partial charge in [0, 0.05) is 61.6 Å². The number of carbonyl (C=O) groups excluding carboxylic acids is 1. The molecule has 3 rings (SSSR count). The molecule has 0 atom stereocenters. The monoisotopic (exact) mass is 326 g/mol. The van der Waals surface area contributed by atoms with Gasteiger partial charge in [-0.2, -0.15) is 0 Å². The molecule has 1 amide bonds. The molecule has 126 valence electrons. The third kappa shape index (κ3) is 3.64. The van der Waals surface area contributed by atoms with Crippen molar-refractivity contribution < 1.29 is 9.53 Å². The van der Waals surface area contributed by atoms with Crippen LogP contribution in [-0.2, 0) is 0 Å². The second-order valence-electron chi connectivity index (χ2n) is 5.88. The van der Waals surface area contributed by atoms with Crippen LogP contribution < -0.4 is 9.64 Å². The molecule has 0 radical (unpaired) electrons. The molecule has 6 nitrogen and oxygen atoms in total. The van der Waals surface area contributed by atoms with E-state index in [1.165, 1.54) is 5.69 Å². The highest BCUT2D eigenvalue weighted by atomic mass is 16.5. The molecule has 1 aliphatic rings. The van der Waals surface area contributed by atoms with Crippen molar-refractivity contribution in [3.8, 4) is 5.88 Å². The lowest BCUT2D eigenvalue weighted by molar-refractivity contribution is 0.0766. The molecular formula is C18H22N4O2. The van der Waals surface area contributed by atoms with E-state index < -0.39 is 0 Å². The number of amides is 1. The number of pyridine rings is 2. The Labute approximate surface area is 142 Å². The number of methoxy groups -OCH3 is 1. The topological polar surface area (TPSA) is 58.6 Å². The van der Waals surface area contributed by atoms with Gasteiger partial charge in [0.2, 0.25) is 5.88 Å². The number of aromatic nitrogens is 2. The highest BCUT2D eigenvalue weighted by molar-refractivity contribution is 5.94. The lowest BCUT2D eigenvalue weighted by Gasteiger charge is -2.24. The summed E-state index contributed by atoms with van der Waals surface area (Å²) in [5, 5.41) is 0. The molecule has 0 aliphatic carbocycles. The molecule has 24 heavy (non-hydrogen) atoms. The molecule has 3 heterocycles. The number of aryl methyl sites for hydroxylation is 1. The summed E-state index contributed by atoms with van der Waals surface area (Å²) in [5.41, 5.74) is 2.80. The van der Waals surface area contributed by atoms with Gasteiger partial charge in [-0.1, -0.05) is 0 Å². The first kappa shape index (κ1) is 16.2. The van der Waals surface area contributed by atoms with Gasteiger partial charge in [-0.25, -0.2) is 4.98 Å². The quantitative estimate of drug-likeness (QED) is 0.865. The van der Waals surface area contributed by atoms with Gasteiger partial charge >= 0.3 is 0 Å². The maximum absolute atomic E-state index is 12.7. The Bertz CT molecular complexity index is 720. The Morgan fingerprint density at radius 1 is 1.08 bits per heavy atom. The summed E-state index contributed by atoms with van der Waals surface area (Å²) in [6.45, 7) is 5.20. The Balaban J connectivity index is 1.69. The van der Waals surface area contributed by atoms with E-state index in [2.05, 4.69) is 20.9 Å². The summed E-state index contributed by atoms with van der Waals surface area (Å²) in [7, 11) is 1.55. The molecule has 2 aromatic rings. The van der Waals surface area contributed by atoms with Crippen LogP contribution in [0.3, 0.4) is 0 Å². The van der Waals surface area contributed by atoms with Gasteiger partial charge in [0.05, 0.1) is 7.11 Å². The maximum atomic E-state index is 12.7. The number of carbonyl (C=O) groups is 1. The first-order valence-corrected chi connectivity index (χ1v) is 8.14. The van der Waals surface area contributed by atoms with Crippen LogP contribution in [0.1, 0.15) is 22.5 Å². The maximum Gasteiger partial charge on any atom is 0.254 e. The summed E-state index contributed by atoms with van der Waals surface area (Å²) in [6.07, 6.45) is 4.38. The van der Waals surface area contributed by atoms with Crippen molar-refractivity contribution in [1.82, 2.24) is 14.9 Å². The van der Waals surface area contributed by atoms with Crippen molar-refractivity contribution in [2.24, 2.45) is 0 Å². The Morgan fingerprint density at radius 3 is 2.71 bits per heavy atom. The third-order valence-corrected chi connectivity index (χ3v) is 4.22. The lowest BCUT2D eigenvalue weighted by atomic mass is 10.2. The van der Waals surface area contributed by atoms with Gasteiger partial charge in [-0.3, -0.25) is 9.78 Å². The second kappa shape index (κ2) is 7.29. The molecular weight excluding hydrogens is 304 g/mol. The SMILES string of the molecule is COc1cc(C(=O)N2CCCN(c3ccnc(C)c3)CC2)ccn1. The summed E-state index contributed by atoms with van der Waals surface area (Å²) in [5.74, 6) is 0.494. The summed E-state index contributed by atoms with van der Waals surface area (Å²) in [6, 6.07) is 7.54. The van der Waals surface area contributed by atoms with Crippen LogP contribution in [-0.4, -0.2) is 54.1 Å². The number of hydrogen-bond acceptors (Lipinski definition) is 5. The fourth-order valence-electron chi connectivity index (χ4n) is 2.94. The van der Waals surface area contributed by atoms with Gasteiger partial charge in [-0.05, 0) is 31.5 Å². The van der Waals surface area contributed by atoms with Crippen molar-refractivity contribution in [1.29, 1.82) is 0 Å². The lowest BCUT2D eigenvalue weighted by Crippen LogP contribution is -2.35. The molecule has 0 unspecified atom stereocenters. The summed E-state index contributed by atoms with van der Waals surface area (Å²) >= 11 is 0. The minimum Gasteiger partial charge on any atom is -0.481 e. The highest BCUT2D eigenvalue weighted by Gasteiger charge is 2.21. The van der Waals surface area contributed by atoms with Crippen molar-refractivity contribution in [2.45, 2.75) is 13.3 Å². The normalized spacial score (nSPS) is 15.1. The molecule has 2 aromatic heterocycles. The van der Waals surface area contributed by atoms with E-state index in [4.69, 9.17) is 4.74 Å². The second-order valence-corrected chi connectivity index (χ2v) is 5.88. The fourth-order valence-corrected chi connectivity index (χ4v) is 2.94. The van der Waals surface area contributed by atoms with E-state index in [0.29, 0.717) is 18.0 Å². The molecule has 0 bridgehead atoms. The summed E-state index contributed by atoms with van der Waals surface area (Å²) < 4.78 is 5.11. The van der Waals surface area contributed by atoms with Gasteiger partial charge < -0.3 is 14.5 Å². The van der Waals surface area contributed by atoms with E-state index in [-0.39, 0.29) is 5.91 Å². The average Bonchev–Trinajstić information content (AvgIpc) is 2.87. The van der Waals surface area contributed by atoms with Crippen LogP contribution in [0.5, 0.6) is 5.88 Å². The smallest absolute Gasteiger partial charge is 0.254 e. The van der Waals surface area contributed by atoms with Gasteiger partial charge in [-0.15, -0.1) is 0 Å². The minimum atomic E-state index is 0.0310. The first-order chi connectivity index (χ1) is 11.7. The van der Waals surface area contributed by atoms with Crippen molar-refractivity contribution in [3.63, 3.8) is 0 Å². The Morgan fingerprint density at radius 2 is 1.92 bits per heavy atom. The van der Waals surface area contributed by atoms with Crippen LogP contribution in [0, 0.1) is 6.92 Å². The van der Waals surface area contributed by atoms with Gasteiger partial charge in [0.25, 0.3) is 5.91 Å². The zero-order valence-corrected chi connectivity index (χ0v) is 14.1. The number of anilines is 1. The molecule has 1 saturated heterocycles. The zero-order chi connectivity index (χ0) is 16.9. The average molecular weight is 326 g/mol. The number of nitrogens with zero attached hydrogens (tertiary/aromatic N) is 4. The molecule has 0 saturated carbocycles. The molecule has 1 aliphatic heterocycles. The van der Waals surface area contributed by atoms with E-state index in [1.807, 2.05) is 24.1 Å². The molecule has 1 fully saturated rings. The minimum absolute atomic E-state index is 0.0310. The van der Waals surface area contributed by atoms with Crippen molar-refractivity contribution in [3.05, 3.63) is 47.9 Å². The van der Waals surface area contributed by atoms with E-state index in [1.54, 1.807) is 25.4 Å². The molecule has 0 N–H and O–H groups in total. The predicted molar refractivity (Wildman–Crippen MR) is 92.5 cm³/mol. The van der Waals surface area contributed by atoms with Crippen LogP contribution in [0.15, 0.2) is 36.7 Å². The molecule has 0 aromatic carbocycles. The van der Waals surface area contributed by atoms with E-state index >= 15 is 0 Å². The first-order valence-electron chi connectivity index (χ1n) is 8.14. The van der Waals surface area contributed by atoms with Crippen LogP contribution >= 0.6 is 0 Å². The Kier molecular flexibility index (Phi) is 4.93. The van der Waals surface area contributed by atoms with Crippen molar-refractivity contribution >= 4 is 11.6 Å². The van der Waals surface area contributed by atoms with Gasteiger partial charge in [0.15, 0.2) is 0 Å². The van der Waals surface area contributed by atoms with Crippen LogP contribution in [0.4, 0.5) is 5.69 Å².